The normalized spacial score (nSPS) is 12.1. The molecule has 0 fully saturated rings. The van der Waals surface area contributed by atoms with Crippen LogP contribution in [0.5, 0.6) is 5.75 Å². The van der Waals surface area contributed by atoms with Crippen molar-refractivity contribution in [1.82, 2.24) is 10.3 Å². The van der Waals surface area contributed by atoms with Gasteiger partial charge in [0.15, 0.2) is 0 Å². The Hall–Kier alpha value is -3.72. The van der Waals surface area contributed by atoms with Gasteiger partial charge in [0, 0.05) is 5.39 Å². The van der Waals surface area contributed by atoms with E-state index in [2.05, 4.69) is 10.3 Å². The molecule has 1 aromatic heterocycles. The summed E-state index contributed by atoms with van der Waals surface area (Å²) in [5.41, 5.74) is 0.445. The first kappa shape index (κ1) is 24.9. The second-order valence-electron chi connectivity index (χ2n) is 8.56. The summed E-state index contributed by atoms with van der Waals surface area (Å²) in [5, 5.41) is 12.4. The van der Waals surface area contributed by atoms with E-state index in [1.807, 2.05) is 30.3 Å². The smallest absolute Gasteiger partial charge is 0.408 e. The van der Waals surface area contributed by atoms with Crippen LogP contribution < -0.4 is 10.1 Å². The number of ether oxygens (including phenoxy) is 3. The minimum atomic E-state index is -0.815. The van der Waals surface area contributed by atoms with Gasteiger partial charge in [-0.05, 0) is 44.5 Å². The topological polar surface area (TPSA) is 107 Å². The van der Waals surface area contributed by atoms with Crippen molar-refractivity contribution in [3.63, 3.8) is 0 Å². The zero-order chi connectivity index (χ0) is 24.7. The fraction of sp³-hybridized carbons (Fsp3) is 0.320. The number of carbonyl (C=O) groups is 2. The summed E-state index contributed by atoms with van der Waals surface area (Å²) < 4.78 is 30.4. The van der Waals surface area contributed by atoms with E-state index in [-0.39, 0.29) is 29.9 Å². The number of pyridine rings is 1. The second kappa shape index (κ2) is 10.9. The first-order valence-corrected chi connectivity index (χ1v) is 10.7. The predicted octanol–water partition coefficient (Wildman–Crippen LogP) is 4.00. The zero-order valence-corrected chi connectivity index (χ0v) is 19.2. The maximum atomic E-state index is 14.0. The maximum absolute atomic E-state index is 14.0. The SMILES string of the molecule is CC(C)(C)OC(=O)N[C@H](CO)COc1ccc2ncc(F)cc2c1C(=O)OCc1ccccc1. The van der Waals surface area contributed by atoms with Crippen LogP contribution in [0, 0.1) is 5.82 Å². The van der Waals surface area contributed by atoms with Gasteiger partial charge in [0.05, 0.1) is 24.4 Å². The molecule has 0 radical (unpaired) electrons. The lowest BCUT2D eigenvalue weighted by molar-refractivity contribution is 0.0439. The minimum Gasteiger partial charge on any atom is -0.490 e. The number of hydrogen-bond donors (Lipinski definition) is 2. The number of carbonyl (C=O) groups excluding carboxylic acids is 2. The Balaban J connectivity index is 1.82. The zero-order valence-electron chi connectivity index (χ0n) is 19.2. The molecule has 0 spiro atoms. The maximum Gasteiger partial charge on any atom is 0.408 e. The Morgan fingerprint density at radius 2 is 1.88 bits per heavy atom. The number of nitrogens with one attached hydrogen (secondary N) is 1. The molecule has 0 unspecified atom stereocenters. The van der Waals surface area contributed by atoms with Gasteiger partial charge in [0.1, 0.15) is 35.9 Å². The summed E-state index contributed by atoms with van der Waals surface area (Å²) in [6.07, 6.45) is 0.330. The number of alkyl carbamates (subject to hydrolysis) is 1. The number of aliphatic hydroxyl groups excluding tert-OH is 1. The van der Waals surface area contributed by atoms with Crippen LogP contribution >= 0.6 is 0 Å². The highest BCUT2D eigenvalue weighted by Crippen LogP contribution is 2.29. The number of benzene rings is 2. The van der Waals surface area contributed by atoms with Crippen LogP contribution in [0.15, 0.2) is 54.7 Å². The number of amides is 1. The lowest BCUT2D eigenvalue weighted by Crippen LogP contribution is -2.44. The molecule has 2 aromatic carbocycles. The number of hydrogen-bond acceptors (Lipinski definition) is 7. The van der Waals surface area contributed by atoms with Crippen molar-refractivity contribution >= 4 is 23.0 Å². The van der Waals surface area contributed by atoms with Crippen molar-refractivity contribution < 1.29 is 33.3 Å². The van der Waals surface area contributed by atoms with Gasteiger partial charge >= 0.3 is 12.1 Å². The Morgan fingerprint density at radius 1 is 1.15 bits per heavy atom. The van der Waals surface area contributed by atoms with Crippen molar-refractivity contribution in [3.8, 4) is 5.75 Å². The van der Waals surface area contributed by atoms with E-state index < -0.39 is 36.1 Å². The fourth-order valence-corrected chi connectivity index (χ4v) is 3.08. The second-order valence-corrected chi connectivity index (χ2v) is 8.56. The molecule has 1 atom stereocenters. The fourth-order valence-electron chi connectivity index (χ4n) is 3.08. The molecule has 0 saturated heterocycles. The third kappa shape index (κ3) is 6.89. The van der Waals surface area contributed by atoms with Crippen LogP contribution in [0.4, 0.5) is 9.18 Å². The number of aliphatic hydroxyl groups is 1. The summed E-state index contributed by atoms with van der Waals surface area (Å²) in [5.74, 6) is -1.25. The highest BCUT2D eigenvalue weighted by Gasteiger charge is 2.23. The quantitative estimate of drug-likeness (QED) is 0.479. The average Bonchev–Trinajstić information content (AvgIpc) is 2.79. The van der Waals surface area contributed by atoms with E-state index in [4.69, 9.17) is 14.2 Å². The van der Waals surface area contributed by atoms with Gasteiger partial charge < -0.3 is 24.6 Å². The Bertz CT molecular complexity index is 1150. The van der Waals surface area contributed by atoms with Crippen molar-refractivity contribution in [2.45, 2.75) is 39.0 Å². The van der Waals surface area contributed by atoms with Crippen molar-refractivity contribution in [1.29, 1.82) is 0 Å². The Labute approximate surface area is 196 Å². The van der Waals surface area contributed by atoms with Gasteiger partial charge in [-0.15, -0.1) is 0 Å². The molecule has 3 rings (SSSR count). The molecule has 180 valence electrons. The van der Waals surface area contributed by atoms with Crippen molar-refractivity contribution in [2.75, 3.05) is 13.2 Å². The summed E-state index contributed by atoms with van der Waals surface area (Å²) in [7, 11) is 0. The predicted molar refractivity (Wildman–Crippen MR) is 123 cm³/mol. The van der Waals surface area contributed by atoms with Crippen LogP contribution in [0.2, 0.25) is 0 Å². The summed E-state index contributed by atoms with van der Waals surface area (Å²) in [4.78, 5) is 29.1. The average molecular weight is 470 g/mol. The number of rotatable bonds is 8. The van der Waals surface area contributed by atoms with E-state index in [1.54, 1.807) is 26.8 Å². The van der Waals surface area contributed by atoms with Gasteiger partial charge in [-0.1, -0.05) is 30.3 Å². The first-order chi connectivity index (χ1) is 16.2. The van der Waals surface area contributed by atoms with E-state index >= 15 is 0 Å². The highest BCUT2D eigenvalue weighted by atomic mass is 19.1. The Morgan fingerprint density at radius 3 is 2.56 bits per heavy atom. The van der Waals surface area contributed by atoms with Crippen LogP contribution in [0.25, 0.3) is 10.9 Å². The van der Waals surface area contributed by atoms with E-state index in [9.17, 15) is 19.1 Å². The first-order valence-electron chi connectivity index (χ1n) is 10.7. The summed E-state index contributed by atoms with van der Waals surface area (Å²) in [6, 6.07) is 12.6. The van der Waals surface area contributed by atoms with Crippen LogP contribution in [-0.4, -0.2) is 47.0 Å². The lowest BCUT2D eigenvalue weighted by atomic mass is 10.1. The highest BCUT2D eigenvalue weighted by molar-refractivity contribution is 6.06. The molecular weight excluding hydrogens is 443 g/mol. The van der Waals surface area contributed by atoms with Gasteiger partial charge in [0.2, 0.25) is 0 Å². The van der Waals surface area contributed by atoms with Crippen LogP contribution in [-0.2, 0) is 16.1 Å². The molecular formula is C25H27FN2O6. The van der Waals surface area contributed by atoms with Gasteiger partial charge in [-0.3, -0.25) is 4.98 Å². The molecule has 0 bridgehead atoms. The molecule has 1 heterocycles. The molecule has 0 aliphatic carbocycles. The molecule has 34 heavy (non-hydrogen) atoms. The van der Waals surface area contributed by atoms with Crippen LogP contribution in [0.1, 0.15) is 36.7 Å². The molecule has 3 aromatic rings. The lowest BCUT2D eigenvalue weighted by Gasteiger charge is -2.23. The Kier molecular flexibility index (Phi) is 8.01. The molecule has 2 N–H and O–H groups in total. The van der Waals surface area contributed by atoms with Crippen LogP contribution in [0.3, 0.4) is 0 Å². The number of aromatic nitrogens is 1. The van der Waals surface area contributed by atoms with E-state index in [1.165, 1.54) is 12.1 Å². The van der Waals surface area contributed by atoms with Crippen molar-refractivity contribution in [3.05, 3.63) is 71.7 Å². The number of nitrogens with zero attached hydrogens (tertiary/aromatic N) is 1. The molecule has 9 heteroatoms. The van der Waals surface area contributed by atoms with E-state index in [0.29, 0.717) is 5.52 Å². The largest absolute Gasteiger partial charge is 0.490 e. The molecule has 0 saturated carbocycles. The van der Waals surface area contributed by atoms with E-state index in [0.717, 1.165) is 11.8 Å². The molecule has 8 nitrogen and oxygen atoms in total. The third-order valence-electron chi connectivity index (χ3n) is 4.59. The molecule has 0 aliphatic rings. The number of esters is 1. The monoisotopic (exact) mass is 470 g/mol. The molecule has 1 amide bonds. The van der Waals surface area contributed by atoms with Gasteiger partial charge in [-0.2, -0.15) is 0 Å². The number of halogens is 1. The minimum absolute atomic E-state index is 0.00520. The van der Waals surface area contributed by atoms with Gasteiger partial charge in [-0.25, -0.2) is 14.0 Å². The standard InChI is InChI=1S/C25H27FN2O6/c1-25(2,3)34-24(31)28-18(13-29)15-32-21-10-9-20-19(11-17(26)12-27-20)22(21)23(30)33-14-16-7-5-4-6-8-16/h4-12,18,29H,13-15H2,1-3H3,(H,28,31)/t18-/m1/s1. The third-order valence-corrected chi connectivity index (χ3v) is 4.59. The summed E-state index contributed by atoms with van der Waals surface area (Å²) >= 11 is 0. The van der Waals surface area contributed by atoms with Gasteiger partial charge in [0.25, 0.3) is 0 Å². The molecule has 0 aliphatic heterocycles. The summed E-state index contributed by atoms with van der Waals surface area (Å²) in [6.45, 7) is 4.54. The van der Waals surface area contributed by atoms with Crippen molar-refractivity contribution in [2.24, 2.45) is 0 Å². The number of fused-ring (bicyclic) bond motifs is 1.